The lowest BCUT2D eigenvalue weighted by atomic mass is 10.1. The van der Waals surface area contributed by atoms with Crippen molar-refractivity contribution in [2.45, 2.75) is 32.2 Å². The summed E-state index contributed by atoms with van der Waals surface area (Å²) in [6.07, 6.45) is 13.2. The van der Waals surface area contributed by atoms with Crippen molar-refractivity contribution >= 4 is 29.6 Å². The largest absolute Gasteiger partial charge is 0.293 e. The molecule has 1 heterocycles. The minimum absolute atomic E-state index is 0.902. The van der Waals surface area contributed by atoms with Gasteiger partial charge in [-0.2, -0.15) is 0 Å². The smallest absolute Gasteiger partial charge is 0.176 e. The van der Waals surface area contributed by atoms with Crippen LogP contribution in [0.2, 0.25) is 0 Å². The number of hydrogen-bond donors (Lipinski definition) is 0. The van der Waals surface area contributed by atoms with Crippen molar-refractivity contribution in [2.75, 3.05) is 6.54 Å². The molecule has 0 saturated heterocycles. The summed E-state index contributed by atoms with van der Waals surface area (Å²) >= 11 is 0. The van der Waals surface area contributed by atoms with Gasteiger partial charge in [0.15, 0.2) is 12.4 Å². The zero-order valence-electron chi connectivity index (χ0n) is 15.3. The Balaban J connectivity index is 1.34. The van der Waals surface area contributed by atoms with E-state index in [4.69, 9.17) is 0 Å². The van der Waals surface area contributed by atoms with Gasteiger partial charge < -0.3 is 0 Å². The van der Waals surface area contributed by atoms with Crippen molar-refractivity contribution in [1.29, 1.82) is 0 Å². The lowest BCUT2D eigenvalue weighted by Gasteiger charge is -2.00. The molecule has 2 nitrogen and oxygen atoms in total. The predicted octanol–water partition coefficient (Wildman–Crippen LogP) is 3.65. The highest BCUT2D eigenvalue weighted by Crippen LogP contribution is 2.09. The Morgan fingerprint density at radius 1 is 0.846 bits per heavy atom. The molecule has 0 radical (unpaired) electrons. The van der Waals surface area contributed by atoms with Crippen LogP contribution in [0.3, 0.4) is 0 Å². The van der Waals surface area contributed by atoms with Crippen LogP contribution in [0, 0.1) is 0 Å². The molecule has 132 valence electrons. The molecule has 0 fully saturated rings. The Morgan fingerprint density at radius 2 is 1.62 bits per heavy atom. The van der Waals surface area contributed by atoms with Gasteiger partial charge in [-0.25, -0.2) is 4.57 Å². The molecule has 0 bridgehead atoms. The molecule has 26 heavy (non-hydrogen) atoms. The fraction of sp³-hybridized carbons (Fsp3) is 0.250. The molecular formula is C24H27N2+. The first-order chi connectivity index (χ1) is 12.8. The maximum absolute atomic E-state index is 4.48. The summed E-state index contributed by atoms with van der Waals surface area (Å²) in [5.41, 5.74) is 0. The van der Waals surface area contributed by atoms with Gasteiger partial charge in [0, 0.05) is 30.6 Å². The molecule has 0 N–H and O–H groups in total. The second-order valence-corrected chi connectivity index (χ2v) is 6.65. The fourth-order valence-electron chi connectivity index (χ4n) is 3.07. The number of aromatic nitrogens is 1. The monoisotopic (exact) mass is 343 g/mol. The first-order valence-corrected chi connectivity index (χ1v) is 9.45. The zero-order chi connectivity index (χ0) is 18.0. The summed E-state index contributed by atoms with van der Waals surface area (Å²) < 4.78 is 2.30. The summed E-state index contributed by atoms with van der Waals surface area (Å²) in [4.78, 5) is 4.48. The maximum atomic E-state index is 4.48. The third-order valence-electron chi connectivity index (χ3n) is 4.61. The van der Waals surface area contributed by atoms with Gasteiger partial charge in [-0.05, 0) is 40.8 Å². The van der Waals surface area contributed by atoms with Gasteiger partial charge in [-0.1, -0.05) is 55.5 Å². The summed E-state index contributed by atoms with van der Waals surface area (Å²) in [5.74, 6) is 0. The van der Waals surface area contributed by atoms with E-state index in [1.54, 1.807) is 0 Å². The minimum Gasteiger partial charge on any atom is -0.293 e. The van der Waals surface area contributed by atoms with Crippen LogP contribution in [0.25, 0.3) is 23.4 Å². The minimum atomic E-state index is 0.902. The SMILES string of the molecule is C=c1cccc/c1=C/C=NCCCCCC[n+]1ccc2ccccc2c1. The van der Waals surface area contributed by atoms with Crippen molar-refractivity contribution in [1.82, 2.24) is 0 Å². The Labute approximate surface area is 155 Å². The molecule has 0 spiro atoms. The van der Waals surface area contributed by atoms with Crippen molar-refractivity contribution in [2.24, 2.45) is 4.99 Å². The van der Waals surface area contributed by atoms with Crippen LogP contribution in [0.1, 0.15) is 25.7 Å². The molecule has 0 aliphatic heterocycles. The Hall–Kier alpha value is -2.74. The molecule has 2 heteroatoms. The number of pyridine rings is 1. The van der Waals surface area contributed by atoms with Crippen molar-refractivity contribution in [3.63, 3.8) is 0 Å². The van der Waals surface area contributed by atoms with Crippen molar-refractivity contribution in [3.05, 3.63) is 77.4 Å². The lowest BCUT2D eigenvalue weighted by molar-refractivity contribution is -0.696. The molecule has 3 rings (SSSR count). The van der Waals surface area contributed by atoms with E-state index in [2.05, 4.69) is 64.9 Å². The predicted molar refractivity (Wildman–Crippen MR) is 112 cm³/mol. The normalized spacial score (nSPS) is 12.2. The molecule has 0 unspecified atom stereocenters. The highest BCUT2D eigenvalue weighted by molar-refractivity contribution is 5.90. The summed E-state index contributed by atoms with van der Waals surface area (Å²) in [6, 6.07) is 18.8. The van der Waals surface area contributed by atoms with E-state index in [9.17, 15) is 0 Å². The average molecular weight is 343 g/mol. The van der Waals surface area contributed by atoms with Crippen LogP contribution in [0.15, 0.2) is 72.0 Å². The van der Waals surface area contributed by atoms with Crippen LogP contribution >= 0.6 is 0 Å². The van der Waals surface area contributed by atoms with E-state index in [0.29, 0.717) is 0 Å². The van der Waals surface area contributed by atoms with Gasteiger partial charge in [0.2, 0.25) is 0 Å². The average Bonchev–Trinajstić information content (AvgIpc) is 2.68. The third-order valence-corrected chi connectivity index (χ3v) is 4.61. The Bertz CT molecular complexity index is 973. The molecule has 0 amide bonds. The number of aryl methyl sites for hydroxylation is 1. The number of unbranched alkanes of at least 4 members (excludes halogenated alkanes) is 3. The number of aliphatic imine (C=N–C) groups is 1. The van der Waals surface area contributed by atoms with Gasteiger partial charge in [-0.15, -0.1) is 0 Å². The molecule has 3 aromatic rings. The van der Waals surface area contributed by atoms with E-state index in [1.807, 2.05) is 30.5 Å². The van der Waals surface area contributed by atoms with Gasteiger partial charge in [0.05, 0.1) is 0 Å². The van der Waals surface area contributed by atoms with Crippen LogP contribution in [-0.4, -0.2) is 12.8 Å². The van der Waals surface area contributed by atoms with E-state index in [0.717, 1.165) is 29.9 Å². The molecular weight excluding hydrogens is 316 g/mol. The highest BCUT2D eigenvalue weighted by Gasteiger charge is 2.02. The van der Waals surface area contributed by atoms with Gasteiger partial charge >= 0.3 is 0 Å². The Kier molecular flexibility index (Phi) is 6.72. The van der Waals surface area contributed by atoms with Gasteiger partial charge in [0.1, 0.15) is 6.54 Å². The van der Waals surface area contributed by atoms with E-state index in [-0.39, 0.29) is 0 Å². The highest BCUT2D eigenvalue weighted by atomic mass is 14.9. The quantitative estimate of drug-likeness (QED) is 0.337. The lowest BCUT2D eigenvalue weighted by Crippen LogP contribution is -2.32. The topological polar surface area (TPSA) is 16.2 Å². The van der Waals surface area contributed by atoms with Crippen LogP contribution in [0.5, 0.6) is 0 Å². The van der Waals surface area contributed by atoms with Gasteiger partial charge in [-0.3, -0.25) is 4.99 Å². The molecule has 0 saturated carbocycles. The Morgan fingerprint density at radius 3 is 2.50 bits per heavy atom. The molecule has 2 aromatic carbocycles. The van der Waals surface area contributed by atoms with Crippen molar-refractivity contribution < 1.29 is 4.57 Å². The van der Waals surface area contributed by atoms with Crippen LogP contribution in [0.4, 0.5) is 0 Å². The molecule has 1 aromatic heterocycles. The summed E-state index contributed by atoms with van der Waals surface area (Å²) in [6.45, 7) is 6.00. The molecule has 0 atom stereocenters. The maximum Gasteiger partial charge on any atom is 0.176 e. The summed E-state index contributed by atoms with van der Waals surface area (Å²) in [7, 11) is 0. The second kappa shape index (κ2) is 9.67. The second-order valence-electron chi connectivity index (χ2n) is 6.65. The molecule has 0 aliphatic rings. The van der Waals surface area contributed by atoms with E-state index in [1.165, 1.54) is 30.0 Å². The number of hydrogen-bond acceptors (Lipinski definition) is 1. The first kappa shape index (κ1) is 18.1. The third kappa shape index (κ3) is 5.38. The fourth-order valence-corrected chi connectivity index (χ4v) is 3.07. The van der Waals surface area contributed by atoms with Crippen LogP contribution < -0.4 is 15.0 Å². The van der Waals surface area contributed by atoms with E-state index < -0.39 is 0 Å². The van der Waals surface area contributed by atoms with Crippen molar-refractivity contribution in [3.8, 4) is 0 Å². The zero-order valence-corrected chi connectivity index (χ0v) is 15.3. The number of benzene rings is 2. The number of nitrogens with zero attached hydrogens (tertiary/aromatic N) is 2. The van der Waals surface area contributed by atoms with Gasteiger partial charge in [0.25, 0.3) is 0 Å². The van der Waals surface area contributed by atoms with Crippen LogP contribution in [-0.2, 0) is 6.54 Å². The summed E-state index contributed by atoms with van der Waals surface area (Å²) in [5, 5.41) is 4.80. The number of fused-ring (bicyclic) bond motifs is 1. The molecule has 0 aliphatic carbocycles. The number of rotatable bonds is 8. The standard InChI is InChI=1S/C24H27N2/c1-21-10-4-5-11-22(21)14-17-25-16-8-2-3-9-18-26-19-15-23-12-6-7-13-24(23)20-26/h4-7,10-15,17,19-20H,1-3,8-9,16,18H2/q+1/b22-14-,25-17?. The van der Waals surface area contributed by atoms with E-state index >= 15 is 0 Å². The first-order valence-electron chi connectivity index (χ1n) is 9.45.